The molecule has 0 aromatic carbocycles. The van der Waals surface area contributed by atoms with E-state index in [-0.39, 0.29) is 31.1 Å². The molecule has 6 heteroatoms. The molecule has 0 radical (unpaired) electrons. The number of aliphatic carboxylic acids is 1. The van der Waals surface area contributed by atoms with Crippen LogP contribution in [0.25, 0.3) is 0 Å². The first-order valence-corrected chi connectivity index (χ1v) is 6.38. The number of carboxylic acids is 1. The molecule has 0 aliphatic carbocycles. The lowest BCUT2D eigenvalue weighted by Crippen LogP contribution is -2.46. The first kappa shape index (κ1) is 14.8. The van der Waals surface area contributed by atoms with E-state index in [1.54, 1.807) is 0 Å². The lowest BCUT2D eigenvalue weighted by molar-refractivity contribution is -0.137. The van der Waals surface area contributed by atoms with Crippen LogP contribution < -0.4 is 5.32 Å². The van der Waals surface area contributed by atoms with Gasteiger partial charge in [-0.3, -0.25) is 4.79 Å². The number of carbonyl (C=O) groups is 2. The molecule has 1 fully saturated rings. The van der Waals surface area contributed by atoms with Crippen molar-refractivity contribution in [2.24, 2.45) is 0 Å². The van der Waals surface area contributed by atoms with E-state index in [0.29, 0.717) is 6.54 Å². The van der Waals surface area contributed by atoms with Crippen molar-refractivity contribution in [3.63, 3.8) is 0 Å². The fourth-order valence-corrected chi connectivity index (χ4v) is 1.92. The average molecular weight is 258 g/mol. The van der Waals surface area contributed by atoms with Crippen LogP contribution in [0.5, 0.6) is 0 Å². The second-order valence-electron chi connectivity index (χ2n) is 4.75. The number of hydrogen-bond acceptors (Lipinski definition) is 3. The Morgan fingerprint density at radius 3 is 2.72 bits per heavy atom. The summed E-state index contributed by atoms with van der Waals surface area (Å²) in [4.78, 5) is 24.0. The number of nitrogens with zero attached hydrogens (tertiary/aromatic N) is 1. The SMILES string of the molecule is CC(C)N(CCC(=O)O)C(=O)NCC1CCCO1. The van der Waals surface area contributed by atoms with Crippen LogP contribution in [0.15, 0.2) is 0 Å². The Kier molecular flexibility index (Phi) is 5.91. The summed E-state index contributed by atoms with van der Waals surface area (Å²) in [6.07, 6.45) is 2.07. The Balaban J connectivity index is 2.35. The van der Waals surface area contributed by atoms with Crippen molar-refractivity contribution in [3.8, 4) is 0 Å². The van der Waals surface area contributed by atoms with Crippen molar-refractivity contribution in [2.75, 3.05) is 19.7 Å². The third kappa shape index (κ3) is 4.91. The summed E-state index contributed by atoms with van der Waals surface area (Å²) >= 11 is 0. The third-order valence-electron chi connectivity index (χ3n) is 2.96. The molecule has 6 nitrogen and oxygen atoms in total. The Bertz CT molecular complexity index is 288. The fraction of sp³-hybridized carbons (Fsp3) is 0.833. The minimum Gasteiger partial charge on any atom is -0.481 e. The van der Waals surface area contributed by atoms with Crippen molar-refractivity contribution >= 4 is 12.0 Å². The van der Waals surface area contributed by atoms with Gasteiger partial charge in [-0.05, 0) is 26.7 Å². The molecular formula is C12H22N2O4. The molecule has 104 valence electrons. The normalized spacial score (nSPS) is 18.9. The van der Waals surface area contributed by atoms with Gasteiger partial charge in [0, 0.05) is 25.7 Å². The van der Waals surface area contributed by atoms with Crippen molar-refractivity contribution in [1.29, 1.82) is 0 Å². The zero-order chi connectivity index (χ0) is 13.5. The summed E-state index contributed by atoms with van der Waals surface area (Å²) in [6.45, 7) is 5.22. The van der Waals surface area contributed by atoms with E-state index in [1.165, 1.54) is 4.90 Å². The van der Waals surface area contributed by atoms with Gasteiger partial charge in [0.1, 0.15) is 0 Å². The van der Waals surface area contributed by atoms with Crippen molar-refractivity contribution in [3.05, 3.63) is 0 Å². The van der Waals surface area contributed by atoms with E-state index < -0.39 is 5.97 Å². The van der Waals surface area contributed by atoms with E-state index >= 15 is 0 Å². The van der Waals surface area contributed by atoms with E-state index in [1.807, 2.05) is 13.8 Å². The highest BCUT2D eigenvalue weighted by Crippen LogP contribution is 2.11. The summed E-state index contributed by atoms with van der Waals surface area (Å²) in [6, 6.07) is -0.240. The maximum Gasteiger partial charge on any atom is 0.317 e. The molecule has 1 atom stereocenters. The Morgan fingerprint density at radius 2 is 2.22 bits per heavy atom. The standard InChI is InChI=1S/C12H22N2O4/c1-9(2)14(6-5-11(15)16)12(17)13-8-10-4-3-7-18-10/h9-10H,3-8H2,1-2H3,(H,13,17)(H,15,16). The molecule has 1 rings (SSSR count). The first-order valence-electron chi connectivity index (χ1n) is 6.38. The van der Waals surface area contributed by atoms with Crippen molar-refractivity contribution < 1.29 is 19.4 Å². The van der Waals surface area contributed by atoms with Crippen LogP contribution in [0.3, 0.4) is 0 Å². The number of nitrogens with one attached hydrogen (secondary N) is 1. The van der Waals surface area contributed by atoms with Gasteiger partial charge in [-0.15, -0.1) is 0 Å². The van der Waals surface area contributed by atoms with Crippen LogP contribution in [0.1, 0.15) is 33.1 Å². The van der Waals surface area contributed by atoms with Crippen molar-refractivity contribution in [1.82, 2.24) is 10.2 Å². The number of carbonyl (C=O) groups excluding carboxylic acids is 1. The summed E-state index contributed by atoms with van der Waals surface area (Å²) < 4.78 is 5.41. The van der Waals surface area contributed by atoms with Gasteiger partial charge >= 0.3 is 12.0 Å². The summed E-state index contributed by atoms with van der Waals surface area (Å²) in [5.41, 5.74) is 0. The smallest absolute Gasteiger partial charge is 0.317 e. The van der Waals surface area contributed by atoms with Gasteiger partial charge in [-0.2, -0.15) is 0 Å². The minimum atomic E-state index is -0.896. The largest absolute Gasteiger partial charge is 0.481 e. The third-order valence-corrected chi connectivity index (χ3v) is 2.96. The molecule has 1 heterocycles. The molecule has 0 aromatic rings. The highest BCUT2D eigenvalue weighted by atomic mass is 16.5. The van der Waals surface area contributed by atoms with Crippen LogP contribution in [-0.2, 0) is 9.53 Å². The Morgan fingerprint density at radius 1 is 1.50 bits per heavy atom. The Hall–Kier alpha value is -1.30. The van der Waals surface area contributed by atoms with Gasteiger partial charge in [-0.25, -0.2) is 4.79 Å². The second-order valence-corrected chi connectivity index (χ2v) is 4.75. The first-order chi connectivity index (χ1) is 8.50. The highest BCUT2D eigenvalue weighted by molar-refractivity contribution is 5.75. The number of carboxylic acid groups (broad SMARTS) is 1. The number of urea groups is 1. The predicted octanol–water partition coefficient (Wildman–Crippen LogP) is 1.06. The van der Waals surface area contributed by atoms with E-state index in [4.69, 9.17) is 9.84 Å². The molecule has 0 saturated carbocycles. The molecule has 1 unspecified atom stereocenters. The second kappa shape index (κ2) is 7.20. The van der Waals surface area contributed by atoms with E-state index in [0.717, 1.165) is 19.4 Å². The molecule has 2 amide bonds. The van der Waals surface area contributed by atoms with E-state index in [9.17, 15) is 9.59 Å². The molecule has 18 heavy (non-hydrogen) atoms. The number of amides is 2. The average Bonchev–Trinajstić information content (AvgIpc) is 2.78. The zero-order valence-corrected chi connectivity index (χ0v) is 11.0. The van der Waals surface area contributed by atoms with Gasteiger partial charge in [0.15, 0.2) is 0 Å². The quantitative estimate of drug-likeness (QED) is 0.746. The summed E-state index contributed by atoms with van der Waals surface area (Å²) in [5.74, 6) is -0.896. The van der Waals surface area contributed by atoms with Crippen LogP contribution in [0.2, 0.25) is 0 Å². The van der Waals surface area contributed by atoms with E-state index in [2.05, 4.69) is 5.32 Å². The topological polar surface area (TPSA) is 78.9 Å². The number of hydrogen-bond donors (Lipinski definition) is 2. The maximum absolute atomic E-state index is 11.9. The van der Waals surface area contributed by atoms with Crippen LogP contribution in [-0.4, -0.2) is 53.8 Å². The van der Waals surface area contributed by atoms with Gasteiger partial charge in [0.25, 0.3) is 0 Å². The molecule has 1 aliphatic heterocycles. The van der Waals surface area contributed by atoms with Crippen LogP contribution >= 0.6 is 0 Å². The highest BCUT2D eigenvalue weighted by Gasteiger charge is 2.20. The lowest BCUT2D eigenvalue weighted by Gasteiger charge is -2.27. The monoisotopic (exact) mass is 258 g/mol. The summed E-state index contributed by atoms with van der Waals surface area (Å²) in [7, 11) is 0. The Labute approximate surface area is 107 Å². The molecule has 0 spiro atoms. The van der Waals surface area contributed by atoms with Crippen LogP contribution in [0, 0.1) is 0 Å². The lowest BCUT2D eigenvalue weighted by atomic mass is 10.2. The fourth-order valence-electron chi connectivity index (χ4n) is 1.92. The van der Waals surface area contributed by atoms with Gasteiger partial charge < -0.3 is 20.1 Å². The number of rotatable bonds is 6. The molecular weight excluding hydrogens is 236 g/mol. The number of ether oxygens (including phenoxy) is 1. The molecule has 1 saturated heterocycles. The van der Waals surface area contributed by atoms with Crippen LogP contribution in [0.4, 0.5) is 4.79 Å². The molecule has 0 bridgehead atoms. The summed E-state index contributed by atoms with van der Waals surface area (Å²) in [5, 5.41) is 11.4. The molecule has 2 N–H and O–H groups in total. The van der Waals surface area contributed by atoms with Gasteiger partial charge in [-0.1, -0.05) is 0 Å². The minimum absolute atomic E-state index is 0.0196. The van der Waals surface area contributed by atoms with Gasteiger partial charge in [0.05, 0.1) is 12.5 Å². The van der Waals surface area contributed by atoms with Gasteiger partial charge in [0.2, 0.25) is 0 Å². The predicted molar refractivity (Wildman–Crippen MR) is 66.5 cm³/mol. The van der Waals surface area contributed by atoms with Crippen molar-refractivity contribution in [2.45, 2.75) is 45.3 Å². The maximum atomic E-state index is 11.9. The zero-order valence-electron chi connectivity index (χ0n) is 11.0. The molecule has 0 aromatic heterocycles. The molecule has 1 aliphatic rings.